The van der Waals surface area contributed by atoms with E-state index in [1.165, 1.54) is 22.9 Å². The van der Waals surface area contributed by atoms with E-state index in [1.54, 1.807) is 18.0 Å². The van der Waals surface area contributed by atoms with E-state index >= 15 is 0 Å². The molecule has 2 amide bonds. The standard InChI is InChI=1S/C19H24N4O2S/c1-14-4-5-15(2)17(12-14)23-7-6-20-19(23)26-13-18(25)22-10-8-21(9-11-22)16(3)24/h4-7,12H,8-11,13H2,1-3H3. The van der Waals surface area contributed by atoms with Crippen molar-refractivity contribution >= 4 is 23.6 Å². The number of hydrogen-bond acceptors (Lipinski definition) is 4. The number of carbonyl (C=O) groups excluding carboxylic acids is 2. The number of carbonyl (C=O) groups is 2. The average Bonchev–Trinajstić information content (AvgIpc) is 3.10. The van der Waals surface area contributed by atoms with E-state index in [1.807, 2.05) is 15.7 Å². The van der Waals surface area contributed by atoms with Gasteiger partial charge in [0.05, 0.1) is 11.4 Å². The second kappa shape index (κ2) is 7.95. The van der Waals surface area contributed by atoms with E-state index in [0.717, 1.165) is 10.8 Å². The Bertz CT molecular complexity index is 810. The van der Waals surface area contributed by atoms with E-state index in [9.17, 15) is 9.59 Å². The predicted octanol–water partition coefficient (Wildman–Crippen LogP) is 2.27. The number of thioether (sulfide) groups is 1. The zero-order valence-electron chi connectivity index (χ0n) is 15.4. The van der Waals surface area contributed by atoms with Crippen LogP contribution in [0.1, 0.15) is 18.1 Å². The van der Waals surface area contributed by atoms with Crippen molar-refractivity contribution in [2.45, 2.75) is 25.9 Å². The molecule has 6 nitrogen and oxygen atoms in total. The van der Waals surface area contributed by atoms with Gasteiger partial charge in [-0.05, 0) is 31.0 Å². The molecule has 0 radical (unpaired) electrons. The Morgan fingerprint density at radius 1 is 1.12 bits per heavy atom. The normalized spacial score (nSPS) is 14.6. The number of imidazole rings is 1. The van der Waals surface area contributed by atoms with Gasteiger partial charge >= 0.3 is 0 Å². The van der Waals surface area contributed by atoms with E-state index in [0.29, 0.717) is 31.9 Å². The molecular weight excluding hydrogens is 348 g/mol. The summed E-state index contributed by atoms with van der Waals surface area (Å²) in [7, 11) is 0. The van der Waals surface area contributed by atoms with Crippen LogP contribution in [-0.4, -0.2) is 63.1 Å². The SMILES string of the molecule is CC(=O)N1CCN(C(=O)CSc2nccn2-c2cc(C)ccc2C)CC1. The molecule has 0 unspecified atom stereocenters. The van der Waals surface area contributed by atoms with E-state index in [4.69, 9.17) is 0 Å². The molecule has 1 aromatic heterocycles. The molecule has 26 heavy (non-hydrogen) atoms. The molecule has 7 heteroatoms. The maximum Gasteiger partial charge on any atom is 0.233 e. The van der Waals surface area contributed by atoms with Crippen LogP contribution in [-0.2, 0) is 9.59 Å². The molecule has 2 heterocycles. The number of benzene rings is 1. The number of nitrogens with zero attached hydrogens (tertiary/aromatic N) is 4. The molecule has 0 N–H and O–H groups in total. The average molecular weight is 372 g/mol. The molecule has 138 valence electrons. The summed E-state index contributed by atoms with van der Waals surface area (Å²) < 4.78 is 2.04. The third-order valence-electron chi connectivity index (χ3n) is 4.63. The topological polar surface area (TPSA) is 58.4 Å². The molecule has 1 aliphatic heterocycles. The summed E-state index contributed by atoms with van der Waals surface area (Å²) in [6, 6.07) is 6.31. The lowest BCUT2D eigenvalue weighted by Gasteiger charge is -2.34. The van der Waals surface area contributed by atoms with Gasteiger partial charge in [0, 0.05) is 45.5 Å². The molecule has 1 saturated heterocycles. The molecule has 1 fully saturated rings. The van der Waals surface area contributed by atoms with Gasteiger partial charge in [-0.1, -0.05) is 23.9 Å². The molecule has 0 bridgehead atoms. The van der Waals surface area contributed by atoms with Crippen LogP contribution >= 0.6 is 11.8 Å². The largest absolute Gasteiger partial charge is 0.339 e. The number of rotatable bonds is 4. The van der Waals surface area contributed by atoms with Crippen LogP contribution < -0.4 is 0 Å². The van der Waals surface area contributed by atoms with Crippen molar-refractivity contribution in [3.8, 4) is 5.69 Å². The van der Waals surface area contributed by atoms with Gasteiger partial charge in [-0.3, -0.25) is 14.2 Å². The van der Waals surface area contributed by atoms with E-state index in [2.05, 4.69) is 37.0 Å². The number of piperazine rings is 1. The van der Waals surface area contributed by atoms with Crippen LogP contribution in [0.2, 0.25) is 0 Å². The Hall–Kier alpha value is -2.28. The lowest BCUT2D eigenvalue weighted by Crippen LogP contribution is -2.50. The Labute approximate surface area is 158 Å². The molecule has 1 aliphatic rings. The molecule has 0 aliphatic carbocycles. The van der Waals surface area contributed by atoms with Gasteiger partial charge in [-0.25, -0.2) is 4.98 Å². The first kappa shape index (κ1) is 18.5. The molecule has 2 aromatic rings. The highest BCUT2D eigenvalue weighted by molar-refractivity contribution is 7.99. The van der Waals surface area contributed by atoms with Crippen LogP contribution in [0.25, 0.3) is 5.69 Å². The predicted molar refractivity (Wildman–Crippen MR) is 103 cm³/mol. The molecule has 0 spiro atoms. The summed E-state index contributed by atoms with van der Waals surface area (Å²) in [4.78, 5) is 31.9. The Kier molecular flexibility index (Phi) is 5.66. The van der Waals surface area contributed by atoms with Crippen molar-refractivity contribution in [3.63, 3.8) is 0 Å². The number of aromatic nitrogens is 2. The molecule has 1 aromatic carbocycles. The van der Waals surface area contributed by atoms with Crippen molar-refractivity contribution in [3.05, 3.63) is 41.7 Å². The lowest BCUT2D eigenvalue weighted by atomic mass is 10.1. The molecule has 3 rings (SSSR count). The minimum absolute atomic E-state index is 0.0713. The van der Waals surface area contributed by atoms with Crippen LogP contribution in [0.5, 0.6) is 0 Å². The van der Waals surface area contributed by atoms with Gasteiger partial charge in [-0.2, -0.15) is 0 Å². The minimum Gasteiger partial charge on any atom is -0.339 e. The first-order valence-electron chi connectivity index (χ1n) is 8.73. The fraction of sp³-hybridized carbons (Fsp3) is 0.421. The van der Waals surface area contributed by atoms with Gasteiger partial charge in [0.1, 0.15) is 0 Å². The van der Waals surface area contributed by atoms with Gasteiger partial charge in [0.15, 0.2) is 5.16 Å². The highest BCUT2D eigenvalue weighted by atomic mass is 32.2. The summed E-state index contributed by atoms with van der Waals surface area (Å²) in [6.07, 6.45) is 3.69. The summed E-state index contributed by atoms with van der Waals surface area (Å²) >= 11 is 1.45. The lowest BCUT2D eigenvalue weighted by molar-refractivity contribution is -0.136. The smallest absolute Gasteiger partial charge is 0.233 e. The highest BCUT2D eigenvalue weighted by Gasteiger charge is 2.22. The van der Waals surface area contributed by atoms with Crippen LogP contribution in [0.15, 0.2) is 35.7 Å². The number of hydrogen-bond donors (Lipinski definition) is 0. The Balaban J connectivity index is 1.63. The minimum atomic E-state index is 0.0713. The Morgan fingerprint density at radius 3 is 2.50 bits per heavy atom. The fourth-order valence-electron chi connectivity index (χ4n) is 3.05. The van der Waals surface area contributed by atoms with Crippen molar-refractivity contribution in [1.82, 2.24) is 19.4 Å². The number of amides is 2. The zero-order chi connectivity index (χ0) is 18.7. The quantitative estimate of drug-likeness (QED) is 0.773. The summed E-state index contributed by atoms with van der Waals surface area (Å²) in [5.74, 6) is 0.512. The third kappa shape index (κ3) is 4.09. The first-order valence-corrected chi connectivity index (χ1v) is 9.71. The summed E-state index contributed by atoms with van der Waals surface area (Å²) in [6.45, 7) is 8.14. The summed E-state index contributed by atoms with van der Waals surface area (Å²) in [5, 5.41) is 0.814. The number of aryl methyl sites for hydroxylation is 2. The maximum atomic E-state index is 12.5. The van der Waals surface area contributed by atoms with Gasteiger partial charge in [0.2, 0.25) is 11.8 Å². The van der Waals surface area contributed by atoms with Crippen molar-refractivity contribution in [2.75, 3.05) is 31.9 Å². The second-order valence-electron chi connectivity index (χ2n) is 6.55. The van der Waals surface area contributed by atoms with E-state index < -0.39 is 0 Å². The van der Waals surface area contributed by atoms with Gasteiger partial charge in [-0.15, -0.1) is 0 Å². The summed E-state index contributed by atoms with van der Waals surface area (Å²) in [5.41, 5.74) is 3.45. The van der Waals surface area contributed by atoms with Crippen molar-refractivity contribution in [2.24, 2.45) is 0 Å². The second-order valence-corrected chi connectivity index (χ2v) is 7.49. The zero-order valence-corrected chi connectivity index (χ0v) is 16.3. The molecular formula is C19H24N4O2S. The van der Waals surface area contributed by atoms with Gasteiger partial charge in [0.25, 0.3) is 0 Å². The van der Waals surface area contributed by atoms with Crippen molar-refractivity contribution < 1.29 is 9.59 Å². The first-order chi connectivity index (χ1) is 12.5. The highest BCUT2D eigenvalue weighted by Crippen LogP contribution is 2.24. The monoisotopic (exact) mass is 372 g/mol. The van der Waals surface area contributed by atoms with Crippen molar-refractivity contribution in [1.29, 1.82) is 0 Å². The van der Waals surface area contributed by atoms with Crippen LogP contribution in [0.4, 0.5) is 0 Å². The van der Waals surface area contributed by atoms with Gasteiger partial charge < -0.3 is 9.80 Å². The molecule has 0 atom stereocenters. The Morgan fingerprint density at radius 2 is 1.81 bits per heavy atom. The van der Waals surface area contributed by atoms with Crippen LogP contribution in [0.3, 0.4) is 0 Å². The van der Waals surface area contributed by atoms with E-state index in [-0.39, 0.29) is 11.8 Å². The third-order valence-corrected chi connectivity index (χ3v) is 5.59. The van der Waals surface area contributed by atoms with Crippen LogP contribution in [0, 0.1) is 13.8 Å². The molecule has 0 saturated carbocycles. The maximum absolute atomic E-state index is 12.5. The fourth-order valence-corrected chi connectivity index (χ4v) is 3.92.